The van der Waals surface area contributed by atoms with E-state index < -0.39 is 5.82 Å². The summed E-state index contributed by atoms with van der Waals surface area (Å²) < 4.78 is 14.0. The predicted molar refractivity (Wildman–Crippen MR) is 94.3 cm³/mol. The fraction of sp³-hybridized carbons (Fsp3) is 0.350. The molecule has 0 radical (unpaired) electrons. The highest BCUT2D eigenvalue weighted by Crippen LogP contribution is 2.36. The lowest BCUT2D eigenvalue weighted by atomic mass is 10.1. The van der Waals surface area contributed by atoms with Crippen LogP contribution in [0.4, 0.5) is 4.39 Å². The summed E-state index contributed by atoms with van der Waals surface area (Å²) >= 11 is 6.08. The molecule has 24 heavy (non-hydrogen) atoms. The third kappa shape index (κ3) is 3.96. The fourth-order valence-corrected chi connectivity index (χ4v) is 3.26. The van der Waals surface area contributed by atoms with Crippen LogP contribution < -0.4 is 0 Å². The van der Waals surface area contributed by atoms with Crippen molar-refractivity contribution in [2.24, 2.45) is 5.92 Å². The van der Waals surface area contributed by atoms with Gasteiger partial charge in [0.1, 0.15) is 5.82 Å². The minimum absolute atomic E-state index is 0.00456. The molecule has 0 saturated heterocycles. The Kier molecular flexibility index (Phi) is 5.20. The monoisotopic (exact) mass is 345 g/mol. The number of benzene rings is 2. The predicted octanol–water partition coefficient (Wildman–Crippen LogP) is 4.85. The SMILES string of the molecule is CC(C1CC1)N(Cc1ccccc1)C(=O)Cc1c(F)cccc1Cl. The summed E-state index contributed by atoms with van der Waals surface area (Å²) in [6.45, 7) is 2.63. The summed E-state index contributed by atoms with van der Waals surface area (Å²) in [4.78, 5) is 14.8. The Labute approximate surface area is 147 Å². The van der Waals surface area contributed by atoms with Crippen molar-refractivity contribution < 1.29 is 9.18 Å². The Hall–Kier alpha value is -1.87. The number of hydrogen-bond donors (Lipinski definition) is 0. The molecular weight excluding hydrogens is 325 g/mol. The van der Waals surface area contributed by atoms with Gasteiger partial charge in [-0.25, -0.2) is 4.39 Å². The highest BCUT2D eigenvalue weighted by molar-refractivity contribution is 6.31. The molecule has 1 atom stereocenters. The van der Waals surface area contributed by atoms with E-state index in [4.69, 9.17) is 11.6 Å². The van der Waals surface area contributed by atoms with Crippen LogP contribution in [-0.4, -0.2) is 16.8 Å². The van der Waals surface area contributed by atoms with Gasteiger partial charge in [-0.2, -0.15) is 0 Å². The normalized spacial score (nSPS) is 15.1. The molecule has 2 aromatic carbocycles. The molecule has 1 aliphatic rings. The molecule has 0 spiro atoms. The van der Waals surface area contributed by atoms with Crippen LogP contribution in [0.25, 0.3) is 0 Å². The van der Waals surface area contributed by atoms with E-state index in [0.717, 1.165) is 18.4 Å². The molecular formula is C20H21ClFNO. The van der Waals surface area contributed by atoms with Crippen molar-refractivity contribution in [3.05, 3.63) is 70.5 Å². The summed E-state index contributed by atoms with van der Waals surface area (Å²) in [5, 5.41) is 0.307. The van der Waals surface area contributed by atoms with Crippen molar-refractivity contribution in [1.29, 1.82) is 0 Å². The quantitative estimate of drug-likeness (QED) is 0.733. The van der Waals surface area contributed by atoms with Crippen LogP contribution in [0.2, 0.25) is 5.02 Å². The summed E-state index contributed by atoms with van der Waals surface area (Å²) in [6, 6.07) is 14.6. The Morgan fingerprint density at radius 1 is 1.21 bits per heavy atom. The molecule has 0 heterocycles. The lowest BCUT2D eigenvalue weighted by molar-refractivity contribution is -0.133. The maximum atomic E-state index is 14.0. The van der Waals surface area contributed by atoms with Gasteiger partial charge in [0.05, 0.1) is 6.42 Å². The lowest BCUT2D eigenvalue weighted by Gasteiger charge is -2.30. The molecule has 1 amide bonds. The van der Waals surface area contributed by atoms with Gasteiger partial charge < -0.3 is 4.90 Å². The zero-order valence-electron chi connectivity index (χ0n) is 13.7. The third-order valence-electron chi connectivity index (χ3n) is 4.70. The van der Waals surface area contributed by atoms with Crippen molar-refractivity contribution >= 4 is 17.5 Å². The molecule has 0 aliphatic heterocycles. The largest absolute Gasteiger partial charge is 0.335 e. The molecule has 0 aromatic heterocycles. The van der Waals surface area contributed by atoms with Gasteiger partial charge in [-0.05, 0) is 43.4 Å². The molecule has 0 bridgehead atoms. The average Bonchev–Trinajstić information content (AvgIpc) is 3.41. The topological polar surface area (TPSA) is 20.3 Å². The van der Waals surface area contributed by atoms with Gasteiger partial charge in [-0.1, -0.05) is 48.0 Å². The van der Waals surface area contributed by atoms with Crippen LogP contribution in [0.15, 0.2) is 48.5 Å². The summed E-state index contributed by atoms with van der Waals surface area (Å²) in [7, 11) is 0. The van der Waals surface area contributed by atoms with Gasteiger partial charge in [0.25, 0.3) is 0 Å². The second-order valence-corrected chi connectivity index (χ2v) is 6.87. The zero-order valence-corrected chi connectivity index (χ0v) is 14.5. The Morgan fingerprint density at radius 3 is 2.54 bits per heavy atom. The van der Waals surface area contributed by atoms with Crippen LogP contribution in [0.5, 0.6) is 0 Å². The molecule has 1 saturated carbocycles. The number of carbonyl (C=O) groups is 1. The molecule has 1 unspecified atom stereocenters. The second kappa shape index (κ2) is 7.35. The fourth-order valence-electron chi connectivity index (χ4n) is 3.03. The van der Waals surface area contributed by atoms with Crippen molar-refractivity contribution in [3.63, 3.8) is 0 Å². The van der Waals surface area contributed by atoms with Gasteiger partial charge in [-0.15, -0.1) is 0 Å². The number of rotatable bonds is 6. The standard InChI is InChI=1S/C20H21ClFNO/c1-14(16-10-11-16)23(13-15-6-3-2-4-7-15)20(24)12-17-18(21)8-5-9-19(17)22/h2-9,14,16H,10-13H2,1H3. The minimum Gasteiger partial charge on any atom is -0.335 e. The van der Waals surface area contributed by atoms with Gasteiger partial charge in [-0.3, -0.25) is 4.79 Å². The molecule has 2 aromatic rings. The maximum Gasteiger partial charge on any atom is 0.227 e. The third-order valence-corrected chi connectivity index (χ3v) is 5.06. The van der Waals surface area contributed by atoms with E-state index >= 15 is 0 Å². The van der Waals surface area contributed by atoms with E-state index in [-0.39, 0.29) is 23.9 Å². The first kappa shape index (κ1) is 17.0. The number of hydrogen-bond acceptors (Lipinski definition) is 1. The molecule has 4 heteroatoms. The molecule has 3 rings (SSSR count). The Balaban J connectivity index is 1.80. The van der Waals surface area contributed by atoms with E-state index in [9.17, 15) is 9.18 Å². The van der Waals surface area contributed by atoms with E-state index in [2.05, 4.69) is 6.92 Å². The summed E-state index contributed by atoms with van der Waals surface area (Å²) in [5.41, 5.74) is 1.36. The molecule has 0 N–H and O–H groups in total. The van der Waals surface area contributed by atoms with E-state index in [1.165, 1.54) is 6.07 Å². The first-order valence-electron chi connectivity index (χ1n) is 8.32. The number of halogens is 2. The highest BCUT2D eigenvalue weighted by Gasteiger charge is 2.34. The van der Waals surface area contributed by atoms with Gasteiger partial charge >= 0.3 is 0 Å². The van der Waals surface area contributed by atoms with E-state index in [0.29, 0.717) is 17.5 Å². The van der Waals surface area contributed by atoms with Crippen molar-refractivity contribution in [3.8, 4) is 0 Å². The van der Waals surface area contributed by atoms with Crippen LogP contribution in [-0.2, 0) is 17.8 Å². The van der Waals surface area contributed by atoms with Gasteiger partial charge in [0.15, 0.2) is 0 Å². The summed E-state index contributed by atoms with van der Waals surface area (Å²) in [6.07, 6.45) is 2.30. The zero-order chi connectivity index (χ0) is 17.1. The Morgan fingerprint density at radius 2 is 1.92 bits per heavy atom. The Bertz CT molecular complexity index is 695. The van der Waals surface area contributed by atoms with Crippen LogP contribution in [0, 0.1) is 11.7 Å². The van der Waals surface area contributed by atoms with E-state index in [1.54, 1.807) is 12.1 Å². The summed E-state index contributed by atoms with van der Waals surface area (Å²) in [5.74, 6) is 0.0496. The number of carbonyl (C=O) groups excluding carboxylic acids is 1. The molecule has 1 aliphatic carbocycles. The maximum absolute atomic E-state index is 14.0. The second-order valence-electron chi connectivity index (χ2n) is 6.46. The minimum atomic E-state index is -0.422. The molecule has 2 nitrogen and oxygen atoms in total. The lowest BCUT2D eigenvalue weighted by Crippen LogP contribution is -2.40. The van der Waals surface area contributed by atoms with Crippen molar-refractivity contribution in [1.82, 2.24) is 4.90 Å². The average molecular weight is 346 g/mol. The van der Waals surface area contributed by atoms with Crippen molar-refractivity contribution in [2.75, 3.05) is 0 Å². The van der Waals surface area contributed by atoms with Crippen molar-refractivity contribution in [2.45, 2.75) is 38.8 Å². The first-order valence-corrected chi connectivity index (χ1v) is 8.70. The van der Waals surface area contributed by atoms with Crippen LogP contribution >= 0.6 is 11.6 Å². The molecule has 1 fully saturated rings. The number of amides is 1. The highest BCUT2D eigenvalue weighted by atomic mass is 35.5. The van der Waals surface area contributed by atoms with Gasteiger partial charge in [0, 0.05) is 23.2 Å². The van der Waals surface area contributed by atoms with E-state index in [1.807, 2.05) is 35.2 Å². The van der Waals surface area contributed by atoms with Gasteiger partial charge in [0.2, 0.25) is 5.91 Å². The van der Waals surface area contributed by atoms with Crippen LogP contribution in [0.3, 0.4) is 0 Å². The smallest absolute Gasteiger partial charge is 0.227 e. The number of nitrogens with zero attached hydrogens (tertiary/aromatic N) is 1. The molecule has 126 valence electrons. The van der Waals surface area contributed by atoms with Crippen LogP contribution in [0.1, 0.15) is 30.9 Å². The first-order chi connectivity index (χ1) is 11.6.